The van der Waals surface area contributed by atoms with Crippen molar-refractivity contribution in [1.29, 1.82) is 0 Å². The molecule has 0 bridgehead atoms. The van der Waals surface area contributed by atoms with E-state index in [9.17, 15) is 0 Å². The van der Waals surface area contributed by atoms with E-state index in [1.807, 2.05) is 0 Å². The fraction of sp³-hybridized carbons (Fsp3) is 0.667. The molecule has 0 radical (unpaired) electrons. The largest absolute Gasteiger partial charge is 0.506 e. The highest BCUT2D eigenvalue weighted by atomic mass is 16.6. The first-order valence-electron chi connectivity index (χ1n) is 3.32. The second-order valence-electron chi connectivity index (χ2n) is 2.41. The van der Waals surface area contributed by atoms with E-state index in [0.29, 0.717) is 0 Å². The molecular weight excluding hydrogens is 168 g/mol. The van der Waals surface area contributed by atoms with E-state index in [4.69, 9.17) is 25.5 Å². The van der Waals surface area contributed by atoms with E-state index in [1.165, 1.54) is 0 Å². The monoisotopic (exact) mass is 178 g/mol. The second kappa shape index (κ2) is 3.28. The molecule has 0 aromatic carbocycles. The Balaban J connectivity index is 2.87. The number of aliphatic hydroxyl groups is 5. The molecule has 6 heteroatoms. The zero-order valence-corrected chi connectivity index (χ0v) is 6.08. The minimum Gasteiger partial charge on any atom is -0.506 e. The first-order chi connectivity index (χ1) is 5.57. The lowest BCUT2D eigenvalue weighted by Gasteiger charge is -2.28. The molecule has 0 spiro atoms. The van der Waals surface area contributed by atoms with E-state index in [2.05, 4.69) is 4.74 Å². The SMILES string of the molecule is OC[C@H]1O[C@@H](O)[C@H](O)C(O)=C1O. The van der Waals surface area contributed by atoms with Gasteiger partial charge in [0.1, 0.15) is 6.10 Å². The molecule has 0 unspecified atom stereocenters. The molecule has 0 aromatic rings. The van der Waals surface area contributed by atoms with Gasteiger partial charge in [-0.3, -0.25) is 0 Å². The highest BCUT2D eigenvalue weighted by Gasteiger charge is 2.35. The van der Waals surface area contributed by atoms with Crippen LogP contribution in [-0.4, -0.2) is 50.6 Å². The van der Waals surface area contributed by atoms with Gasteiger partial charge in [0.25, 0.3) is 0 Å². The summed E-state index contributed by atoms with van der Waals surface area (Å²) < 4.78 is 4.52. The van der Waals surface area contributed by atoms with Crippen LogP contribution in [-0.2, 0) is 4.74 Å². The number of ether oxygens (including phenoxy) is 1. The normalized spacial score (nSPS) is 37.1. The fourth-order valence-corrected chi connectivity index (χ4v) is 0.888. The van der Waals surface area contributed by atoms with Crippen molar-refractivity contribution in [2.24, 2.45) is 0 Å². The molecule has 1 aliphatic rings. The maximum atomic E-state index is 9.00. The van der Waals surface area contributed by atoms with Gasteiger partial charge in [0.15, 0.2) is 23.9 Å². The third-order valence-electron chi connectivity index (χ3n) is 1.59. The van der Waals surface area contributed by atoms with Crippen LogP contribution in [0.4, 0.5) is 0 Å². The lowest BCUT2D eigenvalue weighted by molar-refractivity contribution is -0.205. The van der Waals surface area contributed by atoms with Gasteiger partial charge >= 0.3 is 0 Å². The van der Waals surface area contributed by atoms with Crippen LogP contribution in [0.5, 0.6) is 0 Å². The van der Waals surface area contributed by atoms with Crippen molar-refractivity contribution in [2.75, 3.05) is 6.61 Å². The predicted molar refractivity (Wildman–Crippen MR) is 36.3 cm³/mol. The van der Waals surface area contributed by atoms with Gasteiger partial charge in [-0.15, -0.1) is 0 Å². The third-order valence-corrected chi connectivity index (χ3v) is 1.59. The number of aliphatic hydroxyl groups excluding tert-OH is 5. The van der Waals surface area contributed by atoms with Crippen LogP contribution in [0, 0.1) is 0 Å². The molecule has 1 aliphatic heterocycles. The summed E-state index contributed by atoms with van der Waals surface area (Å²) in [4.78, 5) is 0. The molecule has 3 atom stereocenters. The quantitative estimate of drug-likeness (QED) is 0.330. The van der Waals surface area contributed by atoms with Crippen LogP contribution >= 0.6 is 0 Å². The molecule has 1 rings (SSSR count). The van der Waals surface area contributed by atoms with E-state index in [0.717, 1.165) is 0 Å². The lowest BCUT2D eigenvalue weighted by Crippen LogP contribution is -2.42. The lowest BCUT2D eigenvalue weighted by atomic mass is 10.1. The van der Waals surface area contributed by atoms with Crippen LogP contribution in [0.3, 0.4) is 0 Å². The Morgan fingerprint density at radius 3 is 2.25 bits per heavy atom. The minimum absolute atomic E-state index is 0.584. The number of rotatable bonds is 1. The van der Waals surface area contributed by atoms with Gasteiger partial charge < -0.3 is 30.3 Å². The van der Waals surface area contributed by atoms with E-state index >= 15 is 0 Å². The summed E-state index contributed by atoms with van der Waals surface area (Å²) in [5.41, 5.74) is 0. The summed E-state index contributed by atoms with van der Waals surface area (Å²) in [6.45, 7) is -0.584. The Bertz CT molecular complexity index is 196. The smallest absolute Gasteiger partial charge is 0.189 e. The predicted octanol–water partition coefficient (Wildman–Crippen LogP) is -1.62. The van der Waals surface area contributed by atoms with Gasteiger partial charge in [-0.25, -0.2) is 0 Å². The molecule has 6 nitrogen and oxygen atoms in total. The first kappa shape index (κ1) is 9.27. The highest BCUT2D eigenvalue weighted by molar-refractivity contribution is 5.12. The van der Waals surface area contributed by atoms with Gasteiger partial charge in [0, 0.05) is 0 Å². The van der Waals surface area contributed by atoms with Crippen LogP contribution in [0.1, 0.15) is 0 Å². The summed E-state index contributed by atoms with van der Waals surface area (Å²) >= 11 is 0. The van der Waals surface area contributed by atoms with Gasteiger partial charge in [0.05, 0.1) is 6.61 Å². The highest BCUT2D eigenvalue weighted by Crippen LogP contribution is 2.21. The van der Waals surface area contributed by atoms with Crippen LogP contribution in [0.15, 0.2) is 11.5 Å². The Morgan fingerprint density at radius 2 is 1.75 bits per heavy atom. The Kier molecular flexibility index (Phi) is 2.53. The summed E-state index contributed by atoms with van der Waals surface area (Å²) in [7, 11) is 0. The Labute approximate surface area is 68.0 Å². The Morgan fingerprint density at radius 1 is 1.17 bits per heavy atom. The van der Waals surface area contributed by atoms with Gasteiger partial charge in [0.2, 0.25) is 0 Å². The molecule has 0 aromatic heterocycles. The van der Waals surface area contributed by atoms with Gasteiger partial charge in [-0.05, 0) is 0 Å². The molecular formula is C6H10O6. The molecule has 0 saturated carbocycles. The topological polar surface area (TPSA) is 110 Å². The molecule has 0 fully saturated rings. The molecule has 5 N–H and O–H groups in total. The molecule has 0 amide bonds. The van der Waals surface area contributed by atoms with E-state index in [1.54, 1.807) is 0 Å². The van der Waals surface area contributed by atoms with Crippen LogP contribution in [0.25, 0.3) is 0 Å². The first-order valence-corrected chi connectivity index (χ1v) is 3.32. The van der Waals surface area contributed by atoms with Crippen molar-refractivity contribution < 1.29 is 30.3 Å². The molecule has 0 aliphatic carbocycles. The van der Waals surface area contributed by atoms with E-state index < -0.39 is 36.6 Å². The van der Waals surface area contributed by atoms with Gasteiger partial charge in [-0.2, -0.15) is 0 Å². The molecule has 12 heavy (non-hydrogen) atoms. The molecule has 0 saturated heterocycles. The van der Waals surface area contributed by atoms with Crippen molar-refractivity contribution in [3.05, 3.63) is 11.5 Å². The van der Waals surface area contributed by atoms with Gasteiger partial charge in [-0.1, -0.05) is 0 Å². The maximum absolute atomic E-state index is 9.00. The summed E-state index contributed by atoms with van der Waals surface area (Å²) in [5, 5.41) is 44.3. The van der Waals surface area contributed by atoms with Crippen molar-refractivity contribution >= 4 is 0 Å². The average molecular weight is 178 g/mol. The average Bonchev–Trinajstić information content (AvgIpc) is 2.08. The Hall–Kier alpha value is -0.820. The minimum atomic E-state index is -1.66. The molecule has 1 heterocycles. The van der Waals surface area contributed by atoms with Crippen molar-refractivity contribution in [1.82, 2.24) is 0 Å². The fourth-order valence-electron chi connectivity index (χ4n) is 0.888. The zero-order valence-electron chi connectivity index (χ0n) is 6.08. The van der Waals surface area contributed by atoms with Crippen LogP contribution < -0.4 is 0 Å². The van der Waals surface area contributed by atoms with Crippen molar-refractivity contribution in [3.8, 4) is 0 Å². The summed E-state index contributed by atoms with van der Waals surface area (Å²) in [6.07, 6.45) is -4.46. The second-order valence-corrected chi connectivity index (χ2v) is 2.41. The number of hydrogen-bond acceptors (Lipinski definition) is 6. The standard InChI is InChI=1S/C6H10O6/c7-1-2-3(8)4(9)5(10)6(11)12-2/h2,5-11H,1H2/t2-,5-,6-/m1/s1. The summed E-state index contributed by atoms with van der Waals surface area (Å²) in [5.74, 6) is -1.43. The van der Waals surface area contributed by atoms with Crippen molar-refractivity contribution in [2.45, 2.75) is 18.5 Å². The van der Waals surface area contributed by atoms with Crippen LogP contribution in [0.2, 0.25) is 0 Å². The summed E-state index contributed by atoms with van der Waals surface area (Å²) in [6, 6.07) is 0. The van der Waals surface area contributed by atoms with E-state index in [-0.39, 0.29) is 0 Å². The van der Waals surface area contributed by atoms with Crippen molar-refractivity contribution in [3.63, 3.8) is 0 Å². The third kappa shape index (κ3) is 1.37. The zero-order chi connectivity index (χ0) is 9.30. The number of hydrogen-bond donors (Lipinski definition) is 5. The molecule has 70 valence electrons. The maximum Gasteiger partial charge on any atom is 0.189 e.